The summed E-state index contributed by atoms with van der Waals surface area (Å²) in [5.74, 6) is 0.295. The van der Waals surface area contributed by atoms with Crippen LogP contribution in [0.3, 0.4) is 0 Å². The van der Waals surface area contributed by atoms with Gasteiger partial charge in [0.1, 0.15) is 11.5 Å². The Morgan fingerprint density at radius 2 is 1.80 bits per heavy atom. The lowest BCUT2D eigenvalue weighted by atomic mass is 10.2. The summed E-state index contributed by atoms with van der Waals surface area (Å²) in [7, 11) is 3.06. The number of methoxy groups -OCH3 is 2. The van der Waals surface area contributed by atoms with Crippen LogP contribution in [-0.4, -0.2) is 35.3 Å². The second-order valence-corrected chi connectivity index (χ2v) is 4.65. The summed E-state index contributed by atoms with van der Waals surface area (Å²) in [5.41, 5.74) is 0.507. The summed E-state index contributed by atoms with van der Waals surface area (Å²) >= 11 is 3.10. The SMILES string of the molecule is COc1cc(OC)cc(-c2ncc(Br)c(C(=O)O)n2)c1. The first-order valence-corrected chi connectivity index (χ1v) is 6.33. The summed E-state index contributed by atoms with van der Waals surface area (Å²) in [6, 6.07) is 5.12. The second-order valence-electron chi connectivity index (χ2n) is 3.80. The lowest BCUT2D eigenvalue weighted by molar-refractivity contribution is 0.0689. The van der Waals surface area contributed by atoms with Crippen molar-refractivity contribution in [2.45, 2.75) is 0 Å². The van der Waals surface area contributed by atoms with Crippen molar-refractivity contribution in [1.29, 1.82) is 0 Å². The maximum absolute atomic E-state index is 11.1. The van der Waals surface area contributed by atoms with Crippen LogP contribution in [-0.2, 0) is 0 Å². The van der Waals surface area contributed by atoms with Crippen LogP contribution < -0.4 is 9.47 Å². The zero-order chi connectivity index (χ0) is 14.7. The molecule has 0 saturated heterocycles. The Kier molecular flexibility index (Phi) is 4.19. The second kappa shape index (κ2) is 5.87. The highest BCUT2D eigenvalue weighted by molar-refractivity contribution is 9.10. The van der Waals surface area contributed by atoms with E-state index in [-0.39, 0.29) is 11.5 Å². The van der Waals surface area contributed by atoms with Crippen molar-refractivity contribution in [1.82, 2.24) is 9.97 Å². The average Bonchev–Trinajstić information content (AvgIpc) is 2.46. The van der Waals surface area contributed by atoms with Crippen LogP contribution in [0.25, 0.3) is 11.4 Å². The van der Waals surface area contributed by atoms with E-state index in [9.17, 15) is 4.79 Å². The van der Waals surface area contributed by atoms with Gasteiger partial charge in [-0.3, -0.25) is 0 Å². The first-order chi connectivity index (χ1) is 9.55. The fraction of sp³-hybridized carbons (Fsp3) is 0.154. The minimum absolute atomic E-state index is 0.100. The third kappa shape index (κ3) is 2.88. The van der Waals surface area contributed by atoms with Gasteiger partial charge in [0, 0.05) is 17.8 Å². The highest BCUT2D eigenvalue weighted by Gasteiger charge is 2.14. The zero-order valence-corrected chi connectivity index (χ0v) is 12.3. The third-order valence-corrected chi connectivity index (χ3v) is 3.14. The number of carbonyl (C=O) groups is 1. The number of carboxylic acids is 1. The number of hydrogen-bond acceptors (Lipinski definition) is 5. The van der Waals surface area contributed by atoms with Crippen LogP contribution in [0.4, 0.5) is 0 Å². The Morgan fingerprint density at radius 3 is 2.30 bits per heavy atom. The van der Waals surface area contributed by atoms with Gasteiger partial charge >= 0.3 is 5.97 Å². The summed E-state index contributed by atoms with van der Waals surface area (Å²) in [4.78, 5) is 19.2. The Bertz CT molecular complexity index is 639. The highest BCUT2D eigenvalue weighted by Crippen LogP contribution is 2.28. The van der Waals surface area contributed by atoms with E-state index in [0.29, 0.717) is 21.5 Å². The summed E-state index contributed by atoms with van der Waals surface area (Å²) in [6.07, 6.45) is 1.40. The van der Waals surface area contributed by atoms with Gasteiger partial charge in [-0.2, -0.15) is 0 Å². The molecule has 0 aliphatic rings. The highest BCUT2D eigenvalue weighted by atomic mass is 79.9. The van der Waals surface area contributed by atoms with Crippen LogP contribution in [0.5, 0.6) is 11.5 Å². The van der Waals surface area contributed by atoms with Gasteiger partial charge < -0.3 is 14.6 Å². The van der Waals surface area contributed by atoms with Crippen molar-refractivity contribution in [2.24, 2.45) is 0 Å². The van der Waals surface area contributed by atoms with E-state index in [0.717, 1.165) is 0 Å². The largest absolute Gasteiger partial charge is 0.497 e. The molecule has 1 heterocycles. The smallest absolute Gasteiger partial charge is 0.355 e. The molecule has 1 N–H and O–H groups in total. The van der Waals surface area contributed by atoms with E-state index in [1.54, 1.807) is 18.2 Å². The van der Waals surface area contributed by atoms with Crippen molar-refractivity contribution >= 4 is 21.9 Å². The van der Waals surface area contributed by atoms with Gasteiger partial charge in [-0.15, -0.1) is 0 Å². The predicted molar refractivity (Wildman–Crippen MR) is 75.2 cm³/mol. The van der Waals surface area contributed by atoms with Crippen molar-refractivity contribution in [3.63, 3.8) is 0 Å². The zero-order valence-electron chi connectivity index (χ0n) is 10.8. The number of aromatic nitrogens is 2. The maximum atomic E-state index is 11.1. The molecule has 0 fully saturated rings. The van der Waals surface area contributed by atoms with Gasteiger partial charge in [-0.25, -0.2) is 14.8 Å². The van der Waals surface area contributed by atoms with Crippen molar-refractivity contribution in [3.05, 3.63) is 34.6 Å². The van der Waals surface area contributed by atoms with E-state index in [4.69, 9.17) is 14.6 Å². The van der Waals surface area contributed by atoms with Gasteiger partial charge in [0.05, 0.1) is 18.7 Å². The number of halogens is 1. The van der Waals surface area contributed by atoms with Crippen molar-refractivity contribution in [2.75, 3.05) is 14.2 Å². The number of benzene rings is 1. The van der Waals surface area contributed by atoms with Crippen LogP contribution in [0.1, 0.15) is 10.5 Å². The Morgan fingerprint density at radius 1 is 1.20 bits per heavy atom. The molecule has 104 valence electrons. The molecule has 0 aliphatic heterocycles. The molecule has 0 spiro atoms. The fourth-order valence-corrected chi connectivity index (χ4v) is 1.95. The topological polar surface area (TPSA) is 81.5 Å². The normalized spacial score (nSPS) is 10.2. The summed E-state index contributed by atoms with van der Waals surface area (Å²) < 4.78 is 10.6. The molecule has 1 aromatic heterocycles. The molecule has 0 amide bonds. The number of rotatable bonds is 4. The quantitative estimate of drug-likeness (QED) is 0.922. The lowest BCUT2D eigenvalue weighted by Crippen LogP contribution is -2.04. The minimum atomic E-state index is -1.13. The van der Waals surface area contributed by atoms with Crippen LogP contribution >= 0.6 is 15.9 Å². The monoisotopic (exact) mass is 338 g/mol. The van der Waals surface area contributed by atoms with Crippen LogP contribution in [0, 0.1) is 0 Å². The van der Waals surface area contributed by atoms with E-state index < -0.39 is 5.97 Å². The molecule has 2 rings (SSSR count). The molecule has 20 heavy (non-hydrogen) atoms. The first kappa shape index (κ1) is 14.3. The standard InChI is InChI=1S/C13H11BrN2O4/c1-19-8-3-7(4-9(5-8)20-2)12-15-6-10(14)11(16-12)13(17)18/h3-6H,1-2H3,(H,17,18). The van der Waals surface area contributed by atoms with E-state index >= 15 is 0 Å². The van der Waals surface area contributed by atoms with Gasteiger partial charge in [0.15, 0.2) is 11.5 Å². The van der Waals surface area contributed by atoms with Gasteiger partial charge in [-0.1, -0.05) is 0 Å². The molecule has 0 atom stereocenters. The van der Waals surface area contributed by atoms with E-state index in [1.807, 2.05) is 0 Å². The number of ether oxygens (including phenoxy) is 2. The van der Waals surface area contributed by atoms with Gasteiger partial charge in [-0.05, 0) is 28.1 Å². The molecule has 0 aliphatic carbocycles. The molecule has 2 aromatic rings. The molecule has 1 aromatic carbocycles. The number of hydrogen-bond donors (Lipinski definition) is 1. The first-order valence-electron chi connectivity index (χ1n) is 5.54. The molecule has 0 radical (unpaired) electrons. The molecule has 7 heteroatoms. The van der Waals surface area contributed by atoms with E-state index in [1.165, 1.54) is 20.4 Å². The number of aromatic carboxylic acids is 1. The Labute approximate surface area is 123 Å². The van der Waals surface area contributed by atoms with Crippen molar-refractivity contribution in [3.8, 4) is 22.9 Å². The molecule has 6 nitrogen and oxygen atoms in total. The number of carboxylic acid groups (broad SMARTS) is 1. The molecular weight excluding hydrogens is 328 g/mol. The maximum Gasteiger partial charge on any atom is 0.355 e. The van der Waals surface area contributed by atoms with Crippen molar-refractivity contribution < 1.29 is 19.4 Å². The average molecular weight is 339 g/mol. The Hall–Kier alpha value is -2.15. The molecule has 0 bridgehead atoms. The predicted octanol–water partition coefficient (Wildman–Crippen LogP) is 2.62. The summed E-state index contributed by atoms with van der Waals surface area (Å²) in [5, 5.41) is 9.07. The van der Waals surface area contributed by atoms with E-state index in [2.05, 4.69) is 25.9 Å². The molecule has 0 saturated carbocycles. The summed E-state index contributed by atoms with van der Waals surface area (Å²) in [6.45, 7) is 0. The van der Waals surface area contributed by atoms with Gasteiger partial charge in [0.2, 0.25) is 0 Å². The van der Waals surface area contributed by atoms with Gasteiger partial charge in [0.25, 0.3) is 0 Å². The molecule has 0 unspecified atom stereocenters. The van der Waals surface area contributed by atoms with Crippen LogP contribution in [0.2, 0.25) is 0 Å². The Balaban J connectivity index is 2.56. The number of nitrogens with zero attached hydrogens (tertiary/aromatic N) is 2. The molecular formula is C13H11BrN2O4. The fourth-order valence-electron chi connectivity index (χ4n) is 1.59. The minimum Gasteiger partial charge on any atom is -0.497 e. The lowest BCUT2D eigenvalue weighted by Gasteiger charge is -2.08. The third-order valence-electron chi connectivity index (χ3n) is 2.56. The van der Waals surface area contributed by atoms with Crippen LogP contribution in [0.15, 0.2) is 28.9 Å².